The molecule has 0 fully saturated rings. The summed E-state index contributed by atoms with van der Waals surface area (Å²) >= 11 is 0. The Morgan fingerprint density at radius 1 is 1.11 bits per heavy atom. The van der Waals surface area contributed by atoms with Crippen molar-refractivity contribution in [3.8, 4) is 5.75 Å². The molecule has 150 valence electrons. The molecule has 0 spiro atoms. The number of carbonyl (C=O) groups is 3. The Bertz CT molecular complexity index is 656. The van der Waals surface area contributed by atoms with Crippen LogP contribution in [0.2, 0.25) is 0 Å². The second-order valence-electron chi connectivity index (χ2n) is 5.84. The number of amides is 1. The molecular formula is C19H28N2O6. The summed E-state index contributed by atoms with van der Waals surface area (Å²) in [5.74, 6) is -3.82. The molecule has 0 saturated carbocycles. The lowest BCUT2D eigenvalue weighted by Crippen LogP contribution is -2.34. The number of carboxylic acid groups (broad SMARTS) is 2. The van der Waals surface area contributed by atoms with Gasteiger partial charge in [0.05, 0.1) is 5.56 Å². The summed E-state index contributed by atoms with van der Waals surface area (Å²) < 4.78 is 0. The first-order valence-electron chi connectivity index (χ1n) is 8.55. The number of benzene rings is 1. The lowest BCUT2D eigenvalue weighted by molar-refractivity contribution is -0.159. The summed E-state index contributed by atoms with van der Waals surface area (Å²) in [5, 5.41) is 27.8. The van der Waals surface area contributed by atoms with Crippen LogP contribution in [-0.2, 0) is 16.0 Å². The average molecular weight is 380 g/mol. The number of carbonyl (C=O) groups excluding carboxylic acids is 1. The van der Waals surface area contributed by atoms with Gasteiger partial charge in [-0.05, 0) is 38.1 Å². The monoisotopic (exact) mass is 380 g/mol. The van der Waals surface area contributed by atoms with Gasteiger partial charge in [0.2, 0.25) is 0 Å². The number of hydrogen-bond donors (Lipinski definition) is 4. The number of aliphatic carboxylic acids is 2. The van der Waals surface area contributed by atoms with Gasteiger partial charge >= 0.3 is 11.9 Å². The summed E-state index contributed by atoms with van der Waals surface area (Å²) in [5.41, 5.74) is 2.01. The van der Waals surface area contributed by atoms with E-state index in [1.165, 1.54) is 0 Å². The predicted octanol–water partition coefficient (Wildman–Crippen LogP) is 1.74. The third-order valence-electron chi connectivity index (χ3n) is 3.65. The Labute approximate surface area is 159 Å². The molecule has 4 N–H and O–H groups in total. The van der Waals surface area contributed by atoms with Gasteiger partial charge < -0.3 is 25.5 Å². The van der Waals surface area contributed by atoms with E-state index in [0.717, 1.165) is 30.8 Å². The zero-order chi connectivity index (χ0) is 21.0. The molecule has 1 aromatic rings. The van der Waals surface area contributed by atoms with Gasteiger partial charge in [0.25, 0.3) is 5.91 Å². The van der Waals surface area contributed by atoms with Crippen molar-refractivity contribution in [1.82, 2.24) is 10.2 Å². The van der Waals surface area contributed by atoms with Crippen LogP contribution in [0.15, 0.2) is 30.4 Å². The molecule has 0 aliphatic heterocycles. The normalized spacial score (nSPS) is 9.93. The summed E-state index contributed by atoms with van der Waals surface area (Å²) in [6.45, 7) is 13.2. The molecule has 0 heterocycles. The molecular weight excluding hydrogens is 352 g/mol. The fourth-order valence-corrected chi connectivity index (χ4v) is 2.20. The topological polar surface area (TPSA) is 127 Å². The Morgan fingerprint density at radius 2 is 1.67 bits per heavy atom. The number of hydrogen-bond acceptors (Lipinski definition) is 5. The van der Waals surface area contributed by atoms with E-state index in [1.807, 2.05) is 13.0 Å². The van der Waals surface area contributed by atoms with Crippen LogP contribution < -0.4 is 5.32 Å². The van der Waals surface area contributed by atoms with E-state index in [2.05, 4.69) is 30.6 Å². The van der Waals surface area contributed by atoms with Crippen LogP contribution in [0.1, 0.15) is 36.7 Å². The predicted molar refractivity (Wildman–Crippen MR) is 102 cm³/mol. The van der Waals surface area contributed by atoms with Crippen LogP contribution in [-0.4, -0.2) is 64.2 Å². The minimum absolute atomic E-state index is 0.0563. The molecule has 1 aromatic carbocycles. The molecule has 0 unspecified atom stereocenters. The first-order valence-corrected chi connectivity index (χ1v) is 8.55. The largest absolute Gasteiger partial charge is 0.507 e. The standard InChI is InChI=1S/C17H26N2O2.C2H2O4/c1-5-19(6-2)11-10-18-17(21)15-9-7-8-14(16(15)20)12-13(3)4;3-1(4)2(5)6/h7-9,20H,3,5-6,10-12H2,1-2,4H3,(H,18,21);(H,3,4)(H,5,6). The second kappa shape index (κ2) is 12.5. The third-order valence-corrected chi connectivity index (χ3v) is 3.65. The van der Waals surface area contributed by atoms with Crippen molar-refractivity contribution < 1.29 is 29.7 Å². The first-order chi connectivity index (χ1) is 12.6. The fourth-order valence-electron chi connectivity index (χ4n) is 2.20. The van der Waals surface area contributed by atoms with Crippen LogP contribution in [0.5, 0.6) is 5.75 Å². The van der Waals surface area contributed by atoms with Crippen molar-refractivity contribution >= 4 is 17.8 Å². The van der Waals surface area contributed by atoms with Crippen LogP contribution in [0, 0.1) is 0 Å². The molecule has 0 aliphatic carbocycles. The number of rotatable bonds is 8. The summed E-state index contributed by atoms with van der Waals surface area (Å²) in [6, 6.07) is 5.25. The van der Waals surface area contributed by atoms with E-state index < -0.39 is 11.9 Å². The van der Waals surface area contributed by atoms with Gasteiger partial charge in [-0.25, -0.2) is 9.59 Å². The van der Waals surface area contributed by atoms with E-state index in [4.69, 9.17) is 19.8 Å². The number of allylic oxidation sites excluding steroid dienone is 1. The number of carboxylic acids is 2. The second-order valence-corrected chi connectivity index (χ2v) is 5.84. The lowest BCUT2D eigenvalue weighted by atomic mass is 10.0. The van der Waals surface area contributed by atoms with Crippen LogP contribution in [0.25, 0.3) is 0 Å². The fraction of sp³-hybridized carbons (Fsp3) is 0.421. The van der Waals surface area contributed by atoms with E-state index in [9.17, 15) is 9.90 Å². The lowest BCUT2D eigenvalue weighted by Gasteiger charge is -2.18. The molecule has 0 radical (unpaired) electrons. The molecule has 27 heavy (non-hydrogen) atoms. The highest BCUT2D eigenvalue weighted by atomic mass is 16.4. The Morgan fingerprint density at radius 3 is 2.11 bits per heavy atom. The van der Waals surface area contributed by atoms with Gasteiger partial charge in [-0.2, -0.15) is 0 Å². The van der Waals surface area contributed by atoms with Gasteiger partial charge in [0, 0.05) is 13.1 Å². The molecule has 0 bridgehead atoms. The van der Waals surface area contributed by atoms with Crippen molar-refractivity contribution in [2.24, 2.45) is 0 Å². The highest BCUT2D eigenvalue weighted by molar-refractivity contribution is 6.27. The summed E-state index contributed by atoms with van der Waals surface area (Å²) in [4.78, 5) is 32.6. The number of phenolic OH excluding ortho intramolecular Hbond substituents is 1. The van der Waals surface area contributed by atoms with Crippen LogP contribution in [0.3, 0.4) is 0 Å². The van der Waals surface area contributed by atoms with Crippen LogP contribution in [0.4, 0.5) is 0 Å². The highest BCUT2D eigenvalue weighted by Gasteiger charge is 2.14. The van der Waals surface area contributed by atoms with Crippen molar-refractivity contribution in [1.29, 1.82) is 0 Å². The maximum atomic E-state index is 12.1. The minimum atomic E-state index is -1.82. The van der Waals surface area contributed by atoms with E-state index in [0.29, 0.717) is 18.5 Å². The van der Waals surface area contributed by atoms with E-state index in [1.54, 1.807) is 12.1 Å². The van der Waals surface area contributed by atoms with Gasteiger partial charge in [0.1, 0.15) is 5.75 Å². The molecule has 1 rings (SSSR count). The SMILES string of the molecule is C=C(C)Cc1cccc(C(=O)NCCN(CC)CC)c1O.O=C(O)C(=O)O. The number of nitrogens with zero attached hydrogens (tertiary/aromatic N) is 1. The molecule has 1 amide bonds. The molecule has 8 heteroatoms. The van der Waals surface area contributed by atoms with Crippen molar-refractivity contribution in [3.63, 3.8) is 0 Å². The van der Waals surface area contributed by atoms with Gasteiger partial charge in [-0.15, -0.1) is 0 Å². The van der Waals surface area contributed by atoms with E-state index >= 15 is 0 Å². The summed E-state index contributed by atoms with van der Waals surface area (Å²) in [6.07, 6.45) is 0.576. The molecule has 0 aliphatic rings. The summed E-state index contributed by atoms with van der Waals surface area (Å²) in [7, 11) is 0. The molecule has 0 aromatic heterocycles. The third kappa shape index (κ3) is 9.41. The molecule has 0 atom stereocenters. The number of para-hydroxylation sites is 1. The van der Waals surface area contributed by atoms with Crippen molar-refractivity contribution in [3.05, 3.63) is 41.5 Å². The van der Waals surface area contributed by atoms with Gasteiger partial charge in [-0.1, -0.05) is 38.1 Å². The Kier molecular flexibility index (Phi) is 11.2. The number of nitrogens with one attached hydrogen (secondary N) is 1. The quantitative estimate of drug-likeness (QED) is 0.399. The van der Waals surface area contributed by atoms with Crippen LogP contribution >= 0.6 is 0 Å². The van der Waals surface area contributed by atoms with Gasteiger partial charge in [-0.3, -0.25) is 4.79 Å². The van der Waals surface area contributed by atoms with Crippen molar-refractivity contribution in [2.75, 3.05) is 26.2 Å². The van der Waals surface area contributed by atoms with E-state index in [-0.39, 0.29) is 11.7 Å². The Balaban J connectivity index is 0.000000972. The zero-order valence-electron chi connectivity index (χ0n) is 16.0. The Hall–Kier alpha value is -2.87. The van der Waals surface area contributed by atoms with Crippen molar-refractivity contribution in [2.45, 2.75) is 27.2 Å². The maximum Gasteiger partial charge on any atom is 0.414 e. The minimum Gasteiger partial charge on any atom is -0.507 e. The molecule has 0 saturated heterocycles. The zero-order valence-corrected chi connectivity index (χ0v) is 16.0. The first kappa shape index (κ1) is 24.1. The maximum absolute atomic E-state index is 12.1. The molecule has 8 nitrogen and oxygen atoms in total. The van der Waals surface area contributed by atoms with Gasteiger partial charge in [0.15, 0.2) is 0 Å². The average Bonchev–Trinajstić information content (AvgIpc) is 2.60. The number of phenols is 1. The number of likely N-dealkylation sites (N-methyl/N-ethyl adjacent to an activating group) is 1. The number of aromatic hydroxyl groups is 1. The highest BCUT2D eigenvalue weighted by Crippen LogP contribution is 2.24. The smallest absolute Gasteiger partial charge is 0.414 e.